The molecule has 1 aliphatic rings. The second kappa shape index (κ2) is 6.91. The van der Waals surface area contributed by atoms with Gasteiger partial charge < -0.3 is 9.30 Å². The van der Waals surface area contributed by atoms with Gasteiger partial charge in [0.15, 0.2) is 9.84 Å². The molecule has 0 saturated heterocycles. The first kappa shape index (κ1) is 18.7. The Bertz CT molecular complexity index is 985. The number of nitrogens with zero attached hydrogens (tertiary/aromatic N) is 1. The van der Waals surface area contributed by atoms with Gasteiger partial charge in [0.05, 0.1) is 16.8 Å². The van der Waals surface area contributed by atoms with Crippen LogP contribution in [0, 0.1) is 12.8 Å². The third-order valence-corrected chi connectivity index (χ3v) is 7.02. The number of benzene rings is 1. The molecule has 0 unspecified atom stereocenters. The van der Waals surface area contributed by atoms with Crippen LogP contribution >= 0.6 is 0 Å². The molecule has 0 N–H and O–H groups in total. The summed E-state index contributed by atoms with van der Waals surface area (Å²) >= 11 is 0. The van der Waals surface area contributed by atoms with Crippen LogP contribution in [0.3, 0.4) is 0 Å². The van der Waals surface area contributed by atoms with E-state index in [2.05, 4.69) is 0 Å². The number of aromatic nitrogens is 1. The molecule has 0 amide bonds. The molecule has 140 valence electrons. The minimum absolute atomic E-state index is 0.104. The molecule has 5 nitrogen and oxygen atoms in total. The van der Waals surface area contributed by atoms with Crippen molar-refractivity contribution in [3.63, 3.8) is 0 Å². The summed E-state index contributed by atoms with van der Waals surface area (Å²) in [7, 11) is -1.72. The quantitative estimate of drug-likeness (QED) is 0.777. The first-order valence-electron chi connectivity index (χ1n) is 8.89. The molecule has 1 fully saturated rings. The van der Waals surface area contributed by atoms with Gasteiger partial charge in [-0.2, -0.15) is 0 Å². The van der Waals surface area contributed by atoms with E-state index in [9.17, 15) is 13.2 Å². The fraction of sp³-hybridized carbons (Fsp3) is 0.450. The highest BCUT2D eigenvalue weighted by Crippen LogP contribution is 2.36. The Morgan fingerprint density at radius 1 is 1.19 bits per heavy atom. The van der Waals surface area contributed by atoms with Crippen LogP contribution in [-0.4, -0.2) is 24.8 Å². The van der Waals surface area contributed by atoms with Crippen molar-refractivity contribution in [2.45, 2.75) is 43.8 Å². The van der Waals surface area contributed by atoms with E-state index < -0.39 is 15.1 Å². The van der Waals surface area contributed by atoms with E-state index in [0.29, 0.717) is 35.0 Å². The van der Waals surface area contributed by atoms with E-state index in [4.69, 9.17) is 4.74 Å². The first-order valence-corrected chi connectivity index (χ1v) is 10.4. The second-order valence-electron chi connectivity index (χ2n) is 7.28. The van der Waals surface area contributed by atoms with Gasteiger partial charge in [-0.1, -0.05) is 0 Å². The molecule has 1 aliphatic carbocycles. The van der Waals surface area contributed by atoms with Gasteiger partial charge in [0.2, 0.25) is 0 Å². The summed E-state index contributed by atoms with van der Waals surface area (Å²) in [6.07, 6.45) is 4.03. The predicted octanol–water partition coefficient (Wildman–Crippen LogP) is 3.33. The van der Waals surface area contributed by atoms with Gasteiger partial charge >= 0.3 is 0 Å². The van der Waals surface area contributed by atoms with Crippen molar-refractivity contribution >= 4 is 9.84 Å². The SMILES string of the molecule is Cc1c(-c2cc(S(=O)(=O)C(C)C)ccc2OCC2CC2)ccn(C)c1=O. The average molecular weight is 375 g/mol. The van der Waals surface area contributed by atoms with Crippen LogP contribution in [0.1, 0.15) is 32.3 Å². The zero-order valence-corrected chi connectivity index (χ0v) is 16.5. The van der Waals surface area contributed by atoms with Gasteiger partial charge in [-0.05, 0) is 69.4 Å². The summed E-state index contributed by atoms with van der Waals surface area (Å²) in [4.78, 5) is 12.6. The molecule has 0 aliphatic heterocycles. The van der Waals surface area contributed by atoms with Gasteiger partial charge in [-0.15, -0.1) is 0 Å². The molecule has 0 radical (unpaired) electrons. The van der Waals surface area contributed by atoms with Crippen molar-refractivity contribution in [3.8, 4) is 16.9 Å². The number of rotatable bonds is 6. The van der Waals surface area contributed by atoms with Crippen molar-refractivity contribution < 1.29 is 13.2 Å². The lowest BCUT2D eigenvalue weighted by molar-refractivity contribution is 0.301. The lowest BCUT2D eigenvalue weighted by Gasteiger charge is -2.16. The number of sulfone groups is 1. The van der Waals surface area contributed by atoms with Crippen LogP contribution in [0.15, 0.2) is 40.2 Å². The third-order valence-electron chi connectivity index (χ3n) is 4.87. The molecular weight excluding hydrogens is 350 g/mol. The van der Waals surface area contributed by atoms with Crippen LogP contribution in [0.2, 0.25) is 0 Å². The van der Waals surface area contributed by atoms with Gasteiger partial charge in [0.1, 0.15) is 5.75 Å². The standard InChI is InChI=1S/C20H25NO4S/c1-13(2)26(23,24)16-7-8-19(25-12-15-5-6-15)18(11-16)17-9-10-21(4)20(22)14(17)3/h7-11,13,15H,5-6,12H2,1-4H3. The van der Waals surface area contributed by atoms with Gasteiger partial charge in [0, 0.05) is 24.4 Å². The van der Waals surface area contributed by atoms with Crippen molar-refractivity contribution in [2.24, 2.45) is 13.0 Å². The lowest BCUT2D eigenvalue weighted by Crippen LogP contribution is -2.19. The highest BCUT2D eigenvalue weighted by molar-refractivity contribution is 7.92. The fourth-order valence-corrected chi connectivity index (χ4v) is 3.92. The molecule has 0 spiro atoms. The summed E-state index contributed by atoms with van der Waals surface area (Å²) in [6.45, 7) is 5.70. The monoisotopic (exact) mass is 375 g/mol. The van der Waals surface area contributed by atoms with Crippen LogP contribution < -0.4 is 10.3 Å². The maximum absolute atomic E-state index is 12.6. The predicted molar refractivity (Wildman–Crippen MR) is 102 cm³/mol. The van der Waals surface area contributed by atoms with Crippen molar-refractivity contribution in [1.29, 1.82) is 0 Å². The van der Waals surface area contributed by atoms with Crippen molar-refractivity contribution in [1.82, 2.24) is 4.57 Å². The smallest absolute Gasteiger partial charge is 0.253 e. The molecule has 3 rings (SSSR count). The molecule has 6 heteroatoms. The summed E-state index contributed by atoms with van der Waals surface area (Å²) in [5.41, 5.74) is 1.83. The molecule has 1 aromatic carbocycles. The van der Waals surface area contributed by atoms with Crippen molar-refractivity contribution in [3.05, 3.63) is 46.4 Å². The fourth-order valence-electron chi connectivity index (χ4n) is 2.84. The highest BCUT2D eigenvalue weighted by Gasteiger charge is 2.25. The minimum Gasteiger partial charge on any atom is -0.493 e. The number of hydrogen-bond acceptors (Lipinski definition) is 4. The van der Waals surface area contributed by atoms with E-state index in [1.165, 1.54) is 17.4 Å². The number of hydrogen-bond donors (Lipinski definition) is 0. The maximum atomic E-state index is 12.6. The van der Waals surface area contributed by atoms with Crippen LogP contribution in [0.5, 0.6) is 5.75 Å². The number of ether oxygens (including phenoxy) is 1. The zero-order valence-electron chi connectivity index (χ0n) is 15.7. The summed E-state index contributed by atoms with van der Waals surface area (Å²) in [6, 6.07) is 6.78. The lowest BCUT2D eigenvalue weighted by atomic mass is 10.0. The van der Waals surface area contributed by atoms with E-state index >= 15 is 0 Å². The number of aryl methyl sites for hydroxylation is 1. The Kier molecular flexibility index (Phi) is 4.97. The molecule has 0 atom stereocenters. The summed E-state index contributed by atoms with van der Waals surface area (Å²) < 4.78 is 32.7. The molecule has 2 aromatic rings. The largest absolute Gasteiger partial charge is 0.493 e. The van der Waals surface area contributed by atoms with Gasteiger partial charge in [-0.25, -0.2) is 8.42 Å². The molecule has 26 heavy (non-hydrogen) atoms. The summed E-state index contributed by atoms with van der Waals surface area (Å²) in [5.74, 6) is 1.20. The number of pyridine rings is 1. The van der Waals surface area contributed by atoms with Crippen LogP contribution in [0.4, 0.5) is 0 Å². The van der Waals surface area contributed by atoms with Gasteiger partial charge in [0.25, 0.3) is 5.56 Å². The van der Waals surface area contributed by atoms with E-state index in [0.717, 1.165) is 0 Å². The minimum atomic E-state index is -3.41. The second-order valence-corrected chi connectivity index (χ2v) is 9.78. The molecule has 1 saturated carbocycles. The van der Waals surface area contributed by atoms with Gasteiger partial charge in [-0.3, -0.25) is 4.79 Å². The Labute approximate surface area is 154 Å². The highest BCUT2D eigenvalue weighted by atomic mass is 32.2. The van der Waals surface area contributed by atoms with Crippen LogP contribution in [-0.2, 0) is 16.9 Å². The topological polar surface area (TPSA) is 65.4 Å². The first-order chi connectivity index (χ1) is 12.2. The molecule has 0 bridgehead atoms. The Hall–Kier alpha value is -2.08. The summed E-state index contributed by atoms with van der Waals surface area (Å²) in [5, 5.41) is -0.515. The third kappa shape index (κ3) is 3.56. The molecule has 1 aromatic heterocycles. The van der Waals surface area contributed by atoms with E-state index in [-0.39, 0.29) is 10.5 Å². The molecular formula is C20H25NO4S. The van der Waals surface area contributed by atoms with E-state index in [1.54, 1.807) is 52.2 Å². The Morgan fingerprint density at radius 3 is 2.50 bits per heavy atom. The van der Waals surface area contributed by atoms with Crippen molar-refractivity contribution in [2.75, 3.05) is 6.61 Å². The molecule has 1 heterocycles. The normalized spacial score (nSPS) is 14.7. The van der Waals surface area contributed by atoms with Crippen LogP contribution in [0.25, 0.3) is 11.1 Å². The Morgan fingerprint density at radius 2 is 1.88 bits per heavy atom. The zero-order chi connectivity index (χ0) is 19.1. The van der Waals surface area contributed by atoms with E-state index in [1.807, 2.05) is 6.07 Å². The maximum Gasteiger partial charge on any atom is 0.253 e. The Balaban J connectivity index is 2.15. The average Bonchev–Trinajstić information content (AvgIpc) is 3.42.